The quantitative estimate of drug-likeness (QED) is 0.832. The molecule has 1 heterocycles. The summed E-state index contributed by atoms with van der Waals surface area (Å²) in [6.45, 7) is 5.50. The van der Waals surface area contributed by atoms with Gasteiger partial charge in [-0.3, -0.25) is 0 Å². The lowest BCUT2D eigenvalue weighted by molar-refractivity contribution is 0.105. The van der Waals surface area contributed by atoms with Crippen LogP contribution in [0, 0.1) is 18.8 Å². The van der Waals surface area contributed by atoms with E-state index in [-0.39, 0.29) is 5.54 Å². The zero-order valence-corrected chi connectivity index (χ0v) is 11.9. The molecule has 1 aliphatic heterocycles. The summed E-state index contributed by atoms with van der Waals surface area (Å²) in [6, 6.07) is 11.1. The van der Waals surface area contributed by atoms with Gasteiger partial charge in [0.25, 0.3) is 0 Å². The van der Waals surface area contributed by atoms with Crippen LogP contribution in [0.2, 0.25) is 0 Å². The van der Waals surface area contributed by atoms with Crippen molar-refractivity contribution in [2.24, 2.45) is 11.8 Å². The Morgan fingerprint density at radius 3 is 2.42 bits per heavy atom. The van der Waals surface area contributed by atoms with Crippen molar-refractivity contribution in [3.63, 3.8) is 0 Å². The van der Waals surface area contributed by atoms with E-state index in [0.717, 1.165) is 12.5 Å². The van der Waals surface area contributed by atoms with Gasteiger partial charge in [-0.15, -0.1) is 0 Å². The van der Waals surface area contributed by atoms with Crippen LogP contribution in [0.25, 0.3) is 0 Å². The molecule has 103 valence electrons. The van der Waals surface area contributed by atoms with Crippen LogP contribution in [0.1, 0.15) is 50.5 Å². The molecule has 0 bridgehead atoms. The fourth-order valence-electron chi connectivity index (χ4n) is 4.23. The SMILES string of the molecule is [CH2]C1CCNC(c2ccccc2)(C2CCCCC2)C1. The lowest BCUT2D eigenvalue weighted by atomic mass is 9.65. The molecule has 3 rings (SSSR count). The van der Waals surface area contributed by atoms with Crippen molar-refractivity contribution in [3.8, 4) is 0 Å². The van der Waals surface area contributed by atoms with Crippen molar-refractivity contribution < 1.29 is 0 Å². The number of rotatable bonds is 2. The molecule has 1 N–H and O–H groups in total. The zero-order valence-electron chi connectivity index (χ0n) is 11.9. The third-order valence-corrected chi connectivity index (χ3v) is 5.19. The van der Waals surface area contributed by atoms with Gasteiger partial charge in [0.2, 0.25) is 0 Å². The largest absolute Gasteiger partial charge is 0.307 e. The first-order valence-electron chi connectivity index (χ1n) is 7.95. The second kappa shape index (κ2) is 5.66. The summed E-state index contributed by atoms with van der Waals surface area (Å²) in [5, 5.41) is 3.91. The number of piperidine rings is 1. The molecule has 0 aromatic heterocycles. The summed E-state index contributed by atoms with van der Waals surface area (Å²) in [5.74, 6) is 1.40. The summed E-state index contributed by atoms with van der Waals surface area (Å²) in [4.78, 5) is 0. The van der Waals surface area contributed by atoms with Gasteiger partial charge in [-0.05, 0) is 49.6 Å². The highest BCUT2D eigenvalue weighted by Crippen LogP contribution is 2.45. The summed E-state index contributed by atoms with van der Waals surface area (Å²) in [5.41, 5.74) is 1.70. The Bertz CT molecular complexity index is 393. The Balaban J connectivity index is 1.94. The first-order chi connectivity index (χ1) is 9.31. The molecule has 2 aliphatic rings. The Morgan fingerprint density at radius 1 is 1.00 bits per heavy atom. The van der Waals surface area contributed by atoms with E-state index in [1.165, 1.54) is 50.5 Å². The van der Waals surface area contributed by atoms with Crippen LogP contribution in [0.5, 0.6) is 0 Å². The number of benzene rings is 1. The van der Waals surface area contributed by atoms with Gasteiger partial charge < -0.3 is 5.32 Å². The minimum Gasteiger partial charge on any atom is -0.307 e. The highest BCUT2D eigenvalue weighted by molar-refractivity contribution is 5.27. The number of hydrogen-bond donors (Lipinski definition) is 1. The molecule has 1 heteroatoms. The maximum atomic E-state index is 4.37. The van der Waals surface area contributed by atoms with Gasteiger partial charge in [-0.2, -0.15) is 0 Å². The Hall–Kier alpha value is -0.820. The Kier molecular flexibility index (Phi) is 3.93. The van der Waals surface area contributed by atoms with E-state index >= 15 is 0 Å². The molecule has 2 fully saturated rings. The molecule has 1 saturated carbocycles. The van der Waals surface area contributed by atoms with Crippen LogP contribution < -0.4 is 5.32 Å². The van der Waals surface area contributed by atoms with E-state index in [1.54, 1.807) is 0 Å². The first-order valence-corrected chi connectivity index (χ1v) is 7.95. The second-order valence-corrected chi connectivity index (χ2v) is 6.46. The monoisotopic (exact) mass is 256 g/mol. The topological polar surface area (TPSA) is 12.0 Å². The maximum absolute atomic E-state index is 4.37. The van der Waals surface area contributed by atoms with Crippen molar-refractivity contribution in [1.29, 1.82) is 0 Å². The van der Waals surface area contributed by atoms with E-state index in [1.807, 2.05) is 0 Å². The first kappa shape index (κ1) is 13.2. The van der Waals surface area contributed by atoms with Gasteiger partial charge in [0.05, 0.1) is 0 Å². The molecule has 1 aromatic carbocycles. The lowest BCUT2D eigenvalue weighted by Crippen LogP contribution is -2.53. The normalized spacial score (nSPS) is 33.2. The molecule has 2 atom stereocenters. The fraction of sp³-hybridized carbons (Fsp3) is 0.611. The smallest absolute Gasteiger partial charge is 0.0465 e. The van der Waals surface area contributed by atoms with Gasteiger partial charge in [0.15, 0.2) is 0 Å². The molecule has 1 saturated heterocycles. The van der Waals surface area contributed by atoms with Gasteiger partial charge in [-0.25, -0.2) is 0 Å². The summed E-state index contributed by atoms with van der Waals surface area (Å²) in [6.07, 6.45) is 9.44. The molecule has 0 amide bonds. The lowest BCUT2D eigenvalue weighted by Gasteiger charge is -2.48. The van der Waals surface area contributed by atoms with E-state index < -0.39 is 0 Å². The summed E-state index contributed by atoms with van der Waals surface area (Å²) >= 11 is 0. The molecule has 1 aromatic rings. The molecule has 0 spiro atoms. The van der Waals surface area contributed by atoms with Gasteiger partial charge >= 0.3 is 0 Å². The molecule has 1 nitrogen and oxygen atoms in total. The van der Waals surface area contributed by atoms with Crippen LogP contribution in [0.4, 0.5) is 0 Å². The van der Waals surface area contributed by atoms with Gasteiger partial charge in [0, 0.05) is 5.54 Å². The average Bonchev–Trinajstić information content (AvgIpc) is 2.49. The fourth-order valence-corrected chi connectivity index (χ4v) is 4.23. The molecular weight excluding hydrogens is 230 g/mol. The molecule has 19 heavy (non-hydrogen) atoms. The minimum absolute atomic E-state index is 0.201. The molecular formula is C18H26N. The van der Waals surface area contributed by atoms with E-state index in [9.17, 15) is 0 Å². The average molecular weight is 256 g/mol. The van der Waals surface area contributed by atoms with Crippen LogP contribution in [-0.2, 0) is 5.54 Å². The van der Waals surface area contributed by atoms with Gasteiger partial charge in [0.1, 0.15) is 0 Å². The minimum atomic E-state index is 0.201. The Labute approximate surface area is 117 Å². The highest BCUT2D eigenvalue weighted by Gasteiger charge is 2.42. The van der Waals surface area contributed by atoms with E-state index in [4.69, 9.17) is 0 Å². The number of hydrogen-bond acceptors (Lipinski definition) is 1. The molecule has 1 aliphatic carbocycles. The third kappa shape index (κ3) is 2.58. The second-order valence-electron chi connectivity index (χ2n) is 6.46. The van der Waals surface area contributed by atoms with Gasteiger partial charge in [-0.1, -0.05) is 56.5 Å². The van der Waals surface area contributed by atoms with E-state index in [0.29, 0.717) is 5.92 Å². The van der Waals surface area contributed by atoms with Crippen molar-refractivity contribution in [1.82, 2.24) is 5.32 Å². The predicted molar refractivity (Wildman–Crippen MR) is 80.8 cm³/mol. The third-order valence-electron chi connectivity index (χ3n) is 5.19. The zero-order chi connectivity index (χ0) is 13.1. The highest BCUT2D eigenvalue weighted by atomic mass is 15.0. The van der Waals surface area contributed by atoms with Crippen molar-refractivity contribution in [2.75, 3.05) is 6.54 Å². The van der Waals surface area contributed by atoms with Crippen molar-refractivity contribution >= 4 is 0 Å². The van der Waals surface area contributed by atoms with E-state index in [2.05, 4.69) is 42.6 Å². The number of nitrogens with one attached hydrogen (secondary N) is 1. The van der Waals surface area contributed by atoms with Crippen LogP contribution in [-0.4, -0.2) is 6.54 Å². The maximum Gasteiger partial charge on any atom is 0.0465 e. The van der Waals surface area contributed by atoms with Crippen LogP contribution >= 0.6 is 0 Å². The standard InChI is InChI=1S/C18H26N/c1-15-12-13-19-18(14-15,16-8-4-2-5-9-16)17-10-6-3-7-11-17/h2,4-5,8-9,15,17,19H,1,3,6-7,10-14H2. The molecule has 1 radical (unpaired) electrons. The molecule has 2 unspecified atom stereocenters. The summed E-state index contributed by atoms with van der Waals surface area (Å²) in [7, 11) is 0. The summed E-state index contributed by atoms with van der Waals surface area (Å²) < 4.78 is 0. The predicted octanol–water partition coefficient (Wildman–Crippen LogP) is 4.30. The van der Waals surface area contributed by atoms with Crippen molar-refractivity contribution in [3.05, 3.63) is 42.8 Å². The Morgan fingerprint density at radius 2 is 1.74 bits per heavy atom. The van der Waals surface area contributed by atoms with Crippen molar-refractivity contribution in [2.45, 2.75) is 50.5 Å². The van der Waals surface area contributed by atoms with Crippen LogP contribution in [0.3, 0.4) is 0 Å². The van der Waals surface area contributed by atoms with Crippen LogP contribution in [0.15, 0.2) is 30.3 Å².